The standard InChI is InChI=1S/C14H24ClN3/c1-4-6-10-18(3)14-8-7-12(15)13(17-14)11-16-9-5-2/h7-8,16H,4-6,9-11H2,1-3H3. The van der Waals surface area contributed by atoms with Gasteiger partial charge in [-0.3, -0.25) is 0 Å². The van der Waals surface area contributed by atoms with Gasteiger partial charge in [0.2, 0.25) is 0 Å². The topological polar surface area (TPSA) is 28.2 Å². The van der Waals surface area contributed by atoms with Crippen molar-refractivity contribution in [2.75, 3.05) is 25.0 Å². The molecule has 0 saturated carbocycles. The fourth-order valence-corrected chi connectivity index (χ4v) is 1.87. The summed E-state index contributed by atoms with van der Waals surface area (Å²) in [5, 5.41) is 4.08. The van der Waals surface area contributed by atoms with Gasteiger partial charge in [0.15, 0.2) is 0 Å². The van der Waals surface area contributed by atoms with Crippen molar-refractivity contribution in [2.45, 2.75) is 39.7 Å². The summed E-state index contributed by atoms with van der Waals surface area (Å²) < 4.78 is 0. The van der Waals surface area contributed by atoms with Gasteiger partial charge in [0.25, 0.3) is 0 Å². The van der Waals surface area contributed by atoms with Crippen LogP contribution >= 0.6 is 11.6 Å². The van der Waals surface area contributed by atoms with E-state index in [0.717, 1.165) is 42.6 Å². The number of pyridine rings is 1. The summed E-state index contributed by atoms with van der Waals surface area (Å²) in [7, 11) is 2.08. The molecule has 0 spiro atoms. The van der Waals surface area contributed by atoms with Crippen molar-refractivity contribution in [3.63, 3.8) is 0 Å². The summed E-state index contributed by atoms with van der Waals surface area (Å²) in [6, 6.07) is 3.93. The summed E-state index contributed by atoms with van der Waals surface area (Å²) >= 11 is 6.16. The lowest BCUT2D eigenvalue weighted by molar-refractivity contribution is 0.663. The van der Waals surface area contributed by atoms with Crippen LogP contribution < -0.4 is 10.2 Å². The largest absolute Gasteiger partial charge is 0.360 e. The van der Waals surface area contributed by atoms with Crippen molar-refractivity contribution in [1.29, 1.82) is 0 Å². The molecule has 0 bridgehead atoms. The van der Waals surface area contributed by atoms with Crippen LogP contribution in [0, 0.1) is 0 Å². The maximum Gasteiger partial charge on any atom is 0.128 e. The monoisotopic (exact) mass is 269 g/mol. The number of nitrogens with one attached hydrogen (secondary N) is 1. The first-order chi connectivity index (χ1) is 8.69. The van der Waals surface area contributed by atoms with Crippen LogP contribution in [0.5, 0.6) is 0 Å². The Morgan fingerprint density at radius 2 is 2.06 bits per heavy atom. The third-order valence-electron chi connectivity index (χ3n) is 2.86. The molecule has 1 heterocycles. The van der Waals surface area contributed by atoms with Crippen molar-refractivity contribution >= 4 is 17.4 Å². The molecule has 18 heavy (non-hydrogen) atoms. The smallest absolute Gasteiger partial charge is 0.128 e. The van der Waals surface area contributed by atoms with Crippen LogP contribution in [-0.2, 0) is 6.54 Å². The van der Waals surface area contributed by atoms with E-state index in [1.807, 2.05) is 12.1 Å². The molecule has 0 unspecified atom stereocenters. The Morgan fingerprint density at radius 1 is 1.28 bits per heavy atom. The first-order valence-corrected chi connectivity index (χ1v) is 7.14. The van der Waals surface area contributed by atoms with E-state index >= 15 is 0 Å². The maximum atomic E-state index is 6.16. The Balaban J connectivity index is 2.67. The molecule has 0 aliphatic heterocycles. The van der Waals surface area contributed by atoms with Gasteiger partial charge in [0.1, 0.15) is 5.82 Å². The molecule has 0 amide bonds. The Kier molecular flexibility index (Phi) is 7.06. The highest BCUT2D eigenvalue weighted by Crippen LogP contribution is 2.18. The van der Waals surface area contributed by atoms with E-state index < -0.39 is 0 Å². The molecule has 1 rings (SSSR count). The predicted octanol–water partition coefficient (Wildman–Crippen LogP) is 3.47. The SMILES string of the molecule is CCCCN(C)c1ccc(Cl)c(CNCCC)n1. The predicted molar refractivity (Wildman–Crippen MR) is 79.4 cm³/mol. The molecule has 0 saturated heterocycles. The van der Waals surface area contributed by atoms with Gasteiger partial charge in [-0.2, -0.15) is 0 Å². The zero-order valence-corrected chi connectivity index (χ0v) is 12.4. The average molecular weight is 270 g/mol. The summed E-state index contributed by atoms with van der Waals surface area (Å²) in [6.45, 7) is 7.11. The first-order valence-electron chi connectivity index (χ1n) is 6.76. The van der Waals surface area contributed by atoms with E-state index in [-0.39, 0.29) is 0 Å². The number of anilines is 1. The van der Waals surface area contributed by atoms with Crippen LogP contribution in [0.3, 0.4) is 0 Å². The lowest BCUT2D eigenvalue weighted by atomic mass is 10.3. The highest BCUT2D eigenvalue weighted by Gasteiger charge is 2.07. The molecular weight excluding hydrogens is 246 g/mol. The fraction of sp³-hybridized carbons (Fsp3) is 0.643. The molecule has 0 aromatic carbocycles. The minimum atomic E-state index is 0.738. The molecule has 0 aliphatic rings. The third kappa shape index (κ3) is 4.83. The van der Waals surface area contributed by atoms with Gasteiger partial charge in [-0.1, -0.05) is 31.9 Å². The van der Waals surface area contributed by atoms with E-state index in [2.05, 4.69) is 36.1 Å². The highest BCUT2D eigenvalue weighted by atomic mass is 35.5. The van der Waals surface area contributed by atoms with Crippen LogP contribution in [0.15, 0.2) is 12.1 Å². The second-order valence-corrected chi connectivity index (χ2v) is 4.96. The van der Waals surface area contributed by atoms with E-state index in [4.69, 9.17) is 11.6 Å². The van der Waals surface area contributed by atoms with Gasteiger partial charge in [0.05, 0.1) is 10.7 Å². The zero-order valence-electron chi connectivity index (χ0n) is 11.7. The average Bonchev–Trinajstić information content (AvgIpc) is 2.38. The van der Waals surface area contributed by atoms with Gasteiger partial charge >= 0.3 is 0 Å². The van der Waals surface area contributed by atoms with Crippen molar-refractivity contribution in [3.8, 4) is 0 Å². The van der Waals surface area contributed by atoms with Crippen molar-refractivity contribution in [3.05, 3.63) is 22.8 Å². The number of rotatable bonds is 8. The Morgan fingerprint density at radius 3 is 2.72 bits per heavy atom. The molecule has 1 aromatic heterocycles. The molecule has 0 radical (unpaired) electrons. The fourth-order valence-electron chi connectivity index (χ4n) is 1.70. The normalized spacial score (nSPS) is 10.7. The molecule has 1 N–H and O–H groups in total. The number of halogens is 1. The van der Waals surface area contributed by atoms with Gasteiger partial charge in [-0.15, -0.1) is 0 Å². The number of nitrogens with zero attached hydrogens (tertiary/aromatic N) is 2. The Bertz CT molecular complexity index is 355. The number of unbranched alkanes of at least 4 members (excludes halogenated alkanes) is 1. The van der Waals surface area contributed by atoms with E-state index in [0.29, 0.717) is 0 Å². The van der Waals surface area contributed by atoms with Gasteiger partial charge in [0, 0.05) is 20.1 Å². The lowest BCUT2D eigenvalue weighted by Gasteiger charge is -2.19. The minimum absolute atomic E-state index is 0.738. The maximum absolute atomic E-state index is 6.16. The molecule has 0 fully saturated rings. The quantitative estimate of drug-likeness (QED) is 0.733. The molecule has 3 nitrogen and oxygen atoms in total. The van der Waals surface area contributed by atoms with Crippen molar-refractivity contribution < 1.29 is 0 Å². The molecule has 1 aromatic rings. The Hall–Kier alpha value is -0.800. The number of aromatic nitrogens is 1. The molecule has 102 valence electrons. The van der Waals surface area contributed by atoms with Crippen LogP contribution in [0.4, 0.5) is 5.82 Å². The van der Waals surface area contributed by atoms with Gasteiger partial charge in [-0.05, 0) is 31.5 Å². The van der Waals surface area contributed by atoms with Gasteiger partial charge < -0.3 is 10.2 Å². The second kappa shape index (κ2) is 8.33. The second-order valence-electron chi connectivity index (χ2n) is 4.55. The summed E-state index contributed by atoms with van der Waals surface area (Å²) in [6.07, 6.45) is 3.50. The molecule has 4 heteroatoms. The van der Waals surface area contributed by atoms with Crippen molar-refractivity contribution in [2.24, 2.45) is 0 Å². The lowest BCUT2D eigenvalue weighted by Crippen LogP contribution is -2.21. The van der Waals surface area contributed by atoms with Gasteiger partial charge in [-0.25, -0.2) is 4.98 Å². The molecule has 0 aliphatic carbocycles. The van der Waals surface area contributed by atoms with Crippen LogP contribution in [0.2, 0.25) is 5.02 Å². The van der Waals surface area contributed by atoms with Crippen LogP contribution in [-0.4, -0.2) is 25.1 Å². The minimum Gasteiger partial charge on any atom is -0.360 e. The van der Waals surface area contributed by atoms with Crippen LogP contribution in [0.25, 0.3) is 0 Å². The third-order valence-corrected chi connectivity index (χ3v) is 3.21. The summed E-state index contributed by atoms with van der Waals surface area (Å²) in [5.74, 6) is 1.00. The highest BCUT2D eigenvalue weighted by molar-refractivity contribution is 6.31. The number of hydrogen-bond acceptors (Lipinski definition) is 3. The first kappa shape index (κ1) is 15.3. The Labute approximate surface area is 116 Å². The van der Waals surface area contributed by atoms with Crippen molar-refractivity contribution in [1.82, 2.24) is 10.3 Å². The van der Waals surface area contributed by atoms with Crippen LogP contribution in [0.1, 0.15) is 38.8 Å². The van der Waals surface area contributed by atoms with E-state index in [1.54, 1.807) is 0 Å². The van der Waals surface area contributed by atoms with E-state index in [9.17, 15) is 0 Å². The molecular formula is C14H24ClN3. The summed E-state index contributed by atoms with van der Waals surface area (Å²) in [4.78, 5) is 6.81. The van der Waals surface area contributed by atoms with E-state index in [1.165, 1.54) is 12.8 Å². The zero-order chi connectivity index (χ0) is 13.4. The number of hydrogen-bond donors (Lipinski definition) is 1. The molecule has 0 atom stereocenters. The summed E-state index contributed by atoms with van der Waals surface area (Å²) in [5.41, 5.74) is 0.936.